The Balaban J connectivity index is 1.77. The summed E-state index contributed by atoms with van der Waals surface area (Å²) >= 11 is 0. The van der Waals surface area contributed by atoms with Crippen LogP contribution in [0.5, 0.6) is 0 Å². The molecule has 4 rings (SSSR count). The van der Waals surface area contributed by atoms with E-state index < -0.39 is 0 Å². The molecule has 0 spiro atoms. The Kier molecular flexibility index (Phi) is 4.17. The highest BCUT2D eigenvalue weighted by Crippen LogP contribution is 2.22. The van der Waals surface area contributed by atoms with Gasteiger partial charge in [0.15, 0.2) is 0 Å². The van der Waals surface area contributed by atoms with Crippen LogP contribution in [0.25, 0.3) is 22.0 Å². The minimum absolute atomic E-state index is 0.891. The number of aryl methyl sites for hydroxylation is 1. The lowest BCUT2D eigenvalue weighted by atomic mass is 10.1. The van der Waals surface area contributed by atoms with Gasteiger partial charge in [-0.25, -0.2) is 4.99 Å². The lowest BCUT2D eigenvalue weighted by Gasteiger charge is -2.09. The van der Waals surface area contributed by atoms with Crippen LogP contribution in [-0.2, 0) is 6.54 Å². The van der Waals surface area contributed by atoms with Gasteiger partial charge in [-0.3, -0.25) is 0 Å². The van der Waals surface area contributed by atoms with Gasteiger partial charge in [-0.15, -0.1) is 0 Å². The average Bonchev–Trinajstić information content (AvgIpc) is 2.69. The monoisotopic (exact) mass is 324 g/mol. The van der Waals surface area contributed by atoms with Crippen LogP contribution in [0, 0.1) is 0 Å². The second kappa shape index (κ2) is 6.78. The molecule has 3 aromatic carbocycles. The van der Waals surface area contributed by atoms with E-state index in [0.717, 1.165) is 17.7 Å². The molecule has 1 aromatic heterocycles. The first kappa shape index (κ1) is 15.4. The quantitative estimate of drug-likeness (QED) is 0.469. The number of aromatic nitrogens is 1. The number of fused-ring (bicyclic) bond motifs is 1. The highest BCUT2D eigenvalue weighted by Gasteiger charge is 2.00. The molecule has 0 N–H and O–H groups in total. The average molecular weight is 324 g/mol. The van der Waals surface area contributed by atoms with Crippen LogP contribution < -0.4 is 5.49 Å². The van der Waals surface area contributed by atoms with Crippen molar-refractivity contribution in [3.63, 3.8) is 0 Å². The molecule has 0 aliphatic rings. The van der Waals surface area contributed by atoms with Gasteiger partial charge in [0.1, 0.15) is 5.49 Å². The van der Waals surface area contributed by atoms with Crippen molar-refractivity contribution < 1.29 is 0 Å². The van der Waals surface area contributed by atoms with Gasteiger partial charge >= 0.3 is 0 Å². The highest BCUT2D eigenvalue weighted by molar-refractivity contribution is 5.78. The van der Waals surface area contributed by atoms with Gasteiger partial charge in [0.2, 0.25) is 0 Å². The molecule has 2 heteroatoms. The van der Waals surface area contributed by atoms with Crippen molar-refractivity contribution in [2.45, 2.75) is 13.5 Å². The molecule has 122 valence electrons. The number of para-hydroxylation sites is 1. The molecule has 1 heterocycles. The van der Waals surface area contributed by atoms with Crippen molar-refractivity contribution in [3.05, 3.63) is 96.5 Å². The third kappa shape index (κ3) is 3.11. The third-order valence-corrected chi connectivity index (χ3v) is 4.45. The van der Waals surface area contributed by atoms with Crippen LogP contribution in [-0.4, -0.2) is 4.57 Å². The molecule has 0 fully saturated rings. The van der Waals surface area contributed by atoms with Gasteiger partial charge in [-0.1, -0.05) is 60.7 Å². The van der Waals surface area contributed by atoms with Crippen LogP contribution >= 0.6 is 0 Å². The van der Waals surface area contributed by atoms with Gasteiger partial charge < -0.3 is 4.57 Å². The maximum Gasteiger partial charge on any atom is 0.133 e. The Hall–Kier alpha value is -3.13. The number of benzene rings is 3. The van der Waals surface area contributed by atoms with Crippen molar-refractivity contribution in [2.24, 2.45) is 4.99 Å². The van der Waals surface area contributed by atoms with Crippen LogP contribution in [0.1, 0.15) is 6.92 Å². The minimum Gasteiger partial charge on any atom is -0.326 e. The molecule has 0 radical (unpaired) electrons. The Morgan fingerprint density at radius 1 is 0.680 bits per heavy atom. The van der Waals surface area contributed by atoms with E-state index in [2.05, 4.69) is 96.4 Å². The van der Waals surface area contributed by atoms with E-state index in [4.69, 9.17) is 4.99 Å². The first-order valence-corrected chi connectivity index (χ1v) is 8.64. The van der Waals surface area contributed by atoms with Crippen LogP contribution in [0.4, 0.5) is 5.69 Å². The van der Waals surface area contributed by atoms with E-state index in [-0.39, 0.29) is 0 Å². The Bertz CT molecular complexity index is 1060. The molecule has 4 aromatic rings. The zero-order valence-electron chi connectivity index (χ0n) is 14.3. The van der Waals surface area contributed by atoms with Gasteiger partial charge in [0.25, 0.3) is 0 Å². The van der Waals surface area contributed by atoms with Crippen LogP contribution in [0.2, 0.25) is 0 Å². The zero-order chi connectivity index (χ0) is 17.1. The molecule has 25 heavy (non-hydrogen) atoms. The summed E-state index contributed by atoms with van der Waals surface area (Å²) in [5.41, 5.74) is 5.60. The van der Waals surface area contributed by atoms with Crippen molar-refractivity contribution in [1.29, 1.82) is 0 Å². The number of rotatable bonds is 3. The fourth-order valence-electron chi connectivity index (χ4n) is 3.17. The summed E-state index contributed by atoms with van der Waals surface area (Å²) in [5.74, 6) is 0. The van der Waals surface area contributed by atoms with E-state index in [0.29, 0.717) is 0 Å². The van der Waals surface area contributed by atoms with E-state index >= 15 is 0 Å². The molecule has 0 amide bonds. The summed E-state index contributed by atoms with van der Waals surface area (Å²) in [4.78, 5) is 4.86. The molecular formula is C23H20N2. The predicted octanol–water partition coefficient (Wildman–Crippen LogP) is 5.56. The first-order chi connectivity index (χ1) is 12.3. The third-order valence-electron chi connectivity index (χ3n) is 4.45. The lowest BCUT2D eigenvalue weighted by molar-refractivity contribution is 0.745. The molecule has 0 unspecified atom stereocenters. The summed E-state index contributed by atoms with van der Waals surface area (Å²) < 4.78 is 2.25. The maximum atomic E-state index is 4.86. The molecule has 2 nitrogen and oxygen atoms in total. The van der Waals surface area contributed by atoms with E-state index in [1.807, 2.05) is 6.07 Å². The SMILES string of the molecule is CCn1c(=Nc2ccc(-c3ccccc3)cc2)ccc2ccccc21. The molecule has 0 aliphatic carbocycles. The first-order valence-electron chi connectivity index (χ1n) is 8.64. The van der Waals surface area contributed by atoms with E-state index in [9.17, 15) is 0 Å². The van der Waals surface area contributed by atoms with E-state index in [1.54, 1.807) is 0 Å². The zero-order valence-corrected chi connectivity index (χ0v) is 14.3. The Labute approximate surface area is 147 Å². The summed E-state index contributed by atoms with van der Waals surface area (Å²) in [5, 5.41) is 1.24. The Morgan fingerprint density at radius 2 is 1.36 bits per heavy atom. The van der Waals surface area contributed by atoms with Crippen LogP contribution in [0.15, 0.2) is 96.0 Å². The number of hydrogen-bond donors (Lipinski definition) is 0. The molecule has 0 saturated carbocycles. The van der Waals surface area contributed by atoms with Gasteiger partial charge in [-0.05, 0) is 53.8 Å². The summed E-state index contributed by atoms with van der Waals surface area (Å²) in [6, 6.07) is 31.5. The highest BCUT2D eigenvalue weighted by atomic mass is 15.0. The maximum absolute atomic E-state index is 4.86. The Morgan fingerprint density at radius 3 is 2.12 bits per heavy atom. The summed E-state index contributed by atoms with van der Waals surface area (Å²) in [6.07, 6.45) is 0. The van der Waals surface area contributed by atoms with E-state index in [1.165, 1.54) is 22.0 Å². The van der Waals surface area contributed by atoms with Crippen molar-refractivity contribution in [1.82, 2.24) is 4.57 Å². The smallest absolute Gasteiger partial charge is 0.133 e. The molecule has 0 atom stereocenters. The summed E-state index contributed by atoms with van der Waals surface area (Å²) in [7, 11) is 0. The summed E-state index contributed by atoms with van der Waals surface area (Å²) in [6.45, 7) is 3.05. The largest absolute Gasteiger partial charge is 0.326 e. The van der Waals surface area contributed by atoms with Crippen molar-refractivity contribution in [2.75, 3.05) is 0 Å². The second-order valence-corrected chi connectivity index (χ2v) is 6.02. The minimum atomic E-state index is 0.891. The van der Waals surface area contributed by atoms with Crippen molar-refractivity contribution in [3.8, 4) is 11.1 Å². The molecule has 0 bridgehead atoms. The van der Waals surface area contributed by atoms with Gasteiger partial charge in [-0.2, -0.15) is 0 Å². The van der Waals surface area contributed by atoms with Gasteiger partial charge in [0, 0.05) is 12.1 Å². The van der Waals surface area contributed by atoms with Crippen LogP contribution in [0.3, 0.4) is 0 Å². The molecule has 0 aliphatic heterocycles. The second-order valence-electron chi connectivity index (χ2n) is 6.02. The van der Waals surface area contributed by atoms with Gasteiger partial charge in [0.05, 0.1) is 5.69 Å². The number of pyridine rings is 1. The van der Waals surface area contributed by atoms with Crippen molar-refractivity contribution >= 4 is 16.6 Å². The number of hydrogen-bond acceptors (Lipinski definition) is 1. The molecular weight excluding hydrogens is 304 g/mol. The topological polar surface area (TPSA) is 17.3 Å². The molecule has 0 saturated heterocycles. The predicted molar refractivity (Wildman–Crippen MR) is 105 cm³/mol. The standard InChI is InChI=1S/C23H20N2/c1-2-25-22-11-7-6-10-20(22)14-17-23(25)24-21-15-12-19(13-16-21)18-8-4-3-5-9-18/h3-17H,2H2,1H3. The number of nitrogens with zero attached hydrogens (tertiary/aromatic N) is 2. The fraction of sp³-hybridized carbons (Fsp3) is 0.0870. The lowest BCUT2D eigenvalue weighted by Crippen LogP contribution is -2.19. The fourth-order valence-corrected chi connectivity index (χ4v) is 3.17. The normalized spacial score (nSPS) is 11.8.